The first-order chi connectivity index (χ1) is 6.85. The van der Waals surface area contributed by atoms with Gasteiger partial charge in [0.05, 0.1) is 18.6 Å². The second-order valence-corrected chi connectivity index (χ2v) is 3.95. The highest BCUT2D eigenvalue weighted by atomic mass is 19.3. The molecule has 0 bridgehead atoms. The van der Waals surface area contributed by atoms with Gasteiger partial charge in [0.15, 0.2) is 0 Å². The fraction of sp³-hybridized carbons (Fsp3) is 0.889. The summed E-state index contributed by atoms with van der Waals surface area (Å²) >= 11 is 0. The molecule has 0 radical (unpaired) electrons. The van der Waals surface area contributed by atoms with Crippen molar-refractivity contribution in [3.63, 3.8) is 0 Å². The van der Waals surface area contributed by atoms with Crippen molar-refractivity contribution in [3.05, 3.63) is 0 Å². The van der Waals surface area contributed by atoms with E-state index < -0.39 is 24.3 Å². The van der Waals surface area contributed by atoms with Gasteiger partial charge in [-0.2, -0.15) is 0 Å². The van der Waals surface area contributed by atoms with E-state index in [2.05, 4.69) is 0 Å². The molecule has 0 saturated heterocycles. The smallest absolute Gasteiger partial charge is 0.255 e. The Hall–Kier alpha value is -0.750. The van der Waals surface area contributed by atoms with E-state index in [1.54, 1.807) is 13.8 Å². The molecule has 0 saturated carbocycles. The molecule has 1 amide bonds. The summed E-state index contributed by atoms with van der Waals surface area (Å²) in [5.74, 6) is -0.459. The number of nitrogens with zero attached hydrogens (tertiary/aromatic N) is 1. The third-order valence-electron chi connectivity index (χ3n) is 2.10. The number of carbonyl (C=O) groups is 1. The lowest BCUT2D eigenvalue weighted by molar-refractivity contribution is -0.142. The van der Waals surface area contributed by atoms with E-state index in [-0.39, 0.29) is 19.7 Å². The van der Waals surface area contributed by atoms with Crippen LogP contribution in [0, 0.1) is 5.41 Å². The Morgan fingerprint density at radius 1 is 1.53 bits per heavy atom. The summed E-state index contributed by atoms with van der Waals surface area (Å²) in [7, 11) is 0. The van der Waals surface area contributed by atoms with Crippen molar-refractivity contribution in [3.8, 4) is 0 Å². The van der Waals surface area contributed by atoms with Crippen molar-refractivity contribution in [2.75, 3.05) is 26.2 Å². The molecule has 4 nitrogen and oxygen atoms in total. The van der Waals surface area contributed by atoms with Crippen molar-refractivity contribution in [1.82, 2.24) is 4.90 Å². The van der Waals surface area contributed by atoms with Crippen molar-refractivity contribution >= 4 is 5.91 Å². The molecule has 0 aliphatic rings. The molecule has 3 N–H and O–H groups in total. The molecule has 0 aliphatic heterocycles. The van der Waals surface area contributed by atoms with Crippen molar-refractivity contribution in [1.29, 1.82) is 0 Å². The highest BCUT2D eigenvalue weighted by Crippen LogP contribution is 2.17. The van der Waals surface area contributed by atoms with Gasteiger partial charge in [0.25, 0.3) is 6.43 Å². The topological polar surface area (TPSA) is 66.6 Å². The summed E-state index contributed by atoms with van der Waals surface area (Å²) in [5.41, 5.74) is 4.50. The van der Waals surface area contributed by atoms with Gasteiger partial charge in [-0.15, -0.1) is 0 Å². The van der Waals surface area contributed by atoms with Crippen molar-refractivity contribution < 1.29 is 18.7 Å². The third-order valence-corrected chi connectivity index (χ3v) is 2.10. The van der Waals surface area contributed by atoms with Gasteiger partial charge in [-0.3, -0.25) is 4.79 Å². The molecule has 0 aromatic heterocycles. The van der Waals surface area contributed by atoms with E-state index in [9.17, 15) is 13.6 Å². The van der Waals surface area contributed by atoms with Gasteiger partial charge in [-0.25, -0.2) is 8.78 Å². The Balaban J connectivity index is 4.54. The van der Waals surface area contributed by atoms with Gasteiger partial charge >= 0.3 is 0 Å². The predicted octanol–water partition coefficient (Wildman–Crippen LogP) is 0.0573. The summed E-state index contributed by atoms with van der Waals surface area (Å²) in [5, 5.41) is 8.67. The minimum absolute atomic E-state index is 0.0804. The van der Waals surface area contributed by atoms with Gasteiger partial charge in [0.2, 0.25) is 5.91 Å². The Morgan fingerprint density at radius 3 is 2.40 bits per heavy atom. The lowest BCUT2D eigenvalue weighted by atomic mass is 9.92. The van der Waals surface area contributed by atoms with Crippen LogP contribution in [0.15, 0.2) is 0 Å². The maximum atomic E-state index is 12.2. The number of nitrogens with two attached hydrogens (primary N) is 1. The number of hydrogen-bond donors (Lipinski definition) is 2. The lowest BCUT2D eigenvalue weighted by Crippen LogP contribution is -2.47. The van der Waals surface area contributed by atoms with E-state index in [0.29, 0.717) is 0 Å². The number of aliphatic hydroxyl groups is 1. The number of rotatable bonds is 6. The summed E-state index contributed by atoms with van der Waals surface area (Å²) in [6, 6.07) is 0. The van der Waals surface area contributed by atoms with Gasteiger partial charge in [0, 0.05) is 13.1 Å². The van der Waals surface area contributed by atoms with Crippen LogP contribution in [0.3, 0.4) is 0 Å². The molecule has 0 fully saturated rings. The minimum Gasteiger partial charge on any atom is -0.395 e. The third kappa shape index (κ3) is 4.53. The van der Waals surface area contributed by atoms with Gasteiger partial charge in [-0.1, -0.05) is 0 Å². The van der Waals surface area contributed by atoms with E-state index in [4.69, 9.17) is 10.8 Å². The molecule has 0 atom stereocenters. The molecule has 0 spiro atoms. The lowest BCUT2D eigenvalue weighted by Gasteiger charge is -2.30. The Labute approximate surface area is 88.0 Å². The highest BCUT2D eigenvalue weighted by Gasteiger charge is 2.31. The Morgan fingerprint density at radius 2 is 2.07 bits per heavy atom. The minimum atomic E-state index is -2.60. The molecule has 15 heavy (non-hydrogen) atoms. The second-order valence-electron chi connectivity index (χ2n) is 3.95. The monoisotopic (exact) mass is 224 g/mol. The number of aliphatic hydroxyl groups excluding tert-OH is 1. The van der Waals surface area contributed by atoms with Crippen molar-refractivity contribution in [2.24, 2.45) is 11.1 Å². The van der Waals surface area contributed by atoms with E-state index >= 15 is 0 Å². The standard InChI is InChI=1S/C9H18F2N2O2/c1-9(2,6-12)8(15)13(3-4-14)5-7(10)11/h7,14H,3-6,12H2,1-2H3. The van der Waals surface area contributed by atoms with Crippen molar-refractivity contribution in [2.45, 2.75) is 20.3 Å². The first-order valence-electron chi connectivity index (χ1n) is 4.73. The number of hydrogen-bond acceptors (Lipinski definition) is 3. The van der Waals surface area contributed by atoms with Crippen LogP contribution in [0.25, 0.3) is 0 Å². The molecular formula is C9H18F2N2O2. The van der Waals surface area contributed by atoms with Crippen LogP contribution in [-0.4, -0.2) is 48.6 Å². The summed E-state index contributed by atoms with van der Waals surface area (Å²) in [6.45, 7) is 2.17. The molecule has 0 aromatic rings. The number of halogens is 2. The molecule has 0 unspecified atom stereocenters. The van der Waals surface area contributed by atoms with Crippen LogP contribution in [0.2, 0.25) is 0 Å². The highest BCUT2D eigenvalue weighted by molar-refractivity contribution is 5.82. The first kappa shape index (κ1) is 14.2. The second kappa shape index (κ2) is 5.97. The maximum absolute atomic E-state index is 12.2. The maximum Gasteiger partial charge on any atom is 0.255 e. The summed E-state index contributed by atoms with van der Waals surface area (Å²) < 4.78 is 24.3. The number of carbonyl (C=O) groups excluding carboxylic acids is 1. The molecule has 0 aromatic carbocycles. The largest absolute Gasteiger partial charge is 0.395 e. The zero-order valence-corrected chi connectivity index (χ0v) is 9.04. The van der Waals surface area contributed by atoms with Crippen LogP contribution < -0.4 is 5.73 Å². The molecule has 0 rings (SSSR count). The van der Waals surface area contributed by atoms with Gasteiger partial charge in [0.1, 0.15) is 0 Å². The normalized spacial score (nSPS) is 11.9. The van der Waals surface area contributed by atoms with Crippen LogP contribution in [0.5, 0.6) is 0 Å². The zero-order chi connectivity index (χ0) is 12.1. The molecule has 0 aliphatic carbocycles. The SMILES string of the molecule is CC(C)(CN)C(=O)N(CCO)CC(F)F. The Bertz CT molecular complexity index is 210. The van der Waals surface area contributed by atoms with E-state index in [0.717, 1.165) is 4.90 Å². The molecular weight excluding hydrogens is 206 g/mol. The van der Waals surface area contributed by atoms with Crippen LogP contribution in [-0.2, 0) is 4.79 Å². The molecule has 6 heteroatoms. The van der Waals surface area contributed by atoms with Crippen LogP contribution >= 0.6 is 0 Å². The molecule has 90 valence electrons. The van der Waals surface area contributed by atoms with E-state index in [1.807, 2.05) is 0 Å². The average molecular weight is 224 g/mol. The van der Waals surface area contributed by atoms with Crippen LogP contribution in [0.4, 0.5) is 8.78 Å². The van der Waals surface area contributed by atoms with Crippen LogP contribution in [0.1, 0.15) is 13.8 Å². The molecule has 0 heterocycles. The quantitative estimate of drug-likeness (QED) is 0.670. The predicted molar refractivity (Wildman–Crippen MR) is 52.5 cm³/mol. The van der Waals surface area contributed by atoms with Gasteiger partial charge in [-0.05, 0) is 13.8 Å². The average Bonchev–Trinajstić information content (AvgIpc) is 2.15. The fourth-order valence-corrected chi connectivity index (χ4v) is 1.08. The Kier molecular flexibility index (Phi) is 5.67. The zero-order valence-electron chi connectivity index (χ0n) is 9.04. The summed E-state index contributed by atoms with van der Waals surface area (Å²) in [6.07, 6.45) is -2.60. The van der Waals surface area contributed by atoms with E-state index in [1.165, 1.54) is 0 Å². The summed E-state index contributed by atoms with van der Waals surface area (Å²) in [4.78, 5) is 12.7. The van der Waals surface area contributed by atoms with Gasteiger partial charge < -0.3 is 15.7 Å². The number of alkyl halides is 2. The first-order valence-corrected chi connectivity index (χ1v) is 4.73. The fourth-order valence-electron chi connectivity index (χ4n) is 1.08. The number of amides is 1.